The number of carbonyl (C=O) groups excluding carboxylic acids is 2. The van der Waals surface area contributed by atoms with Crippen molar-refractivity contribution >= 4 is 11.7 Å². The maximum atomic E-state index is 12.6. The lowest BCUT2D eigenvalue weighted by molar-refractivity contribution is -0.174. The summed E-state index contributed by atoms with van der Waals surface area (Å²) in [6, 6.07) is -0.626. The number of ether oxygens (including phenoxy) is 3. The van der Waals surface area contributed by atoms with Crippen LogP contribution in [0.4, 0.5) is 0 Å². The van der Waals surface area contributed by atoms with E-state index >= 15 is 0 Å². The lowest BCUT2D eigenvalue weighted by Crippen LogP contribution is -2.52. The number of unbranched alkanes of at least 4 members (excludes halogenated alkanes) is 7. The van der Waals surface area contributed by atoms with Gasteiger partial charge in [-0.1, -0.05) is 51.5 Å². The summed E-state index contributed by atoms with van der Waals surface area (Å²) in [6.07, 6.45) is 11.3. The third-order valence-electron chi connectivity index (χ3n) is 6.28. The first-order valence-electron chi connectivity index (χ1n) is 11.1. The highest BCUT2D eigenvalue weighted by Gasteiger charge is 2.70. The van der Waals surface area contributed by atoms with E-state index in [1.807, 2.05) is 6.08 Å². The molecule has 7 nitrogen and oxygen atoms in total. The van der Waals surface area contributed by atoms with E-state index in [1.165, 1.54) is 44.6 Å². The first-order chi connectivity index (χ1) is 14.0. The van der Waals surface area contributed by atoms with Crippen LogP contribution in [0.3, 0.4) is 0 Å². The van der Waals surface area contributed by atoms with Gasteiger partial charge in [-0.3, -0.25) is 9.59 Å². The molecule has 3 rings (SSSR count). The Bertz CT molecular complexity index is 608. The summed E-state index contributed by atoms with van der Waals surface area (Å²) in [4.78, 5) is 24.8. The molecule has 6 atom stereocenters. The monoisotopic (exact) mass is 409 g/mol. The van der Waals surface area contributed by atoms with Crippen molar-refractivity contribution in [1.82, 2.24) is 5.32 Å². The Morgan fingerprint density at radius 3 is 2.72 bits per heavy atom. The third-order valence-corrected chi connectivity index (χ3v) is 6.28. The average Bonchev–Trinajstić information content (AvgIpc) is 3.44. The third kappa shape index (κ3) is 5.26. The van der Waals surface area contributed by atoms with Gasteiger partial charge in [-0.25, -0.2) is 0 Å². The molecule has 1 saturated carbocycles. The Hall–Kier alpha value is -1.28. The zero-order chi connectivity index (χ0) is 20.9. The van der Waals surface area contributed by atoms with Crippen molar-refractivity contribution in [3.05, 3.63) is 12.2 Å². The van der Waals surface area contributed by atoms with Crippen LogP contribution < -0.4 is 5.32 Å². The van der Waals surface area contributed by atoms with Gasteiger partial charge in [-0.05, 0) is 18.9 Å². The second-order valence-electron chi connectivity index (χ2n) is 8.45. The van der Waals surface area contributed by atoms with Crippen LogP contribution in [0.5, 0.6) is 0 Å². The fraction of sp³-hybridized carbons (Fsp3) is 0.818. The number of aliphatic hydroxyl groups excluding tert-OH is 1. The second-order valence-corrected chi connectivity index (χ2v) is 8.45. The number of hydrogen-bond donors (Lipinski definition) is 2. The summed E-state index contributed by atoms with van der Waals surface area (Å²) in [5.74, 6) is -0.405. The summed E-state index contributed by atoms with van der Waals surface area (Å²) in [5.41, 5.74) is -1.17. The van der Waals surface area contributed by atoms with Gasteiger partial charge < -0.3 is 24.6 Å². The normalized spacial score (nSPS) is 36.0. The molecule has 7 heteroatoms. The molecule has 0 bridgehead atoms. The molecule has 0 aromatic carbocycles. The van der Waals surface area contributed by atoms with Crippen molar-refractivity contribution in [2.45, 2.75) is 107 Å². The van der Waals surface area contributed by atoms with Crippen LogP contribution in [0.15, 0.2) is 12.2 Å². The summed E-state index contributed by atoms with van der Waals surface area (Å²) < 4.78 is 16.6. The second kappa shape index (κ2) is 10.2. The standard InChI is InChI=1S/C22H35NO6/c1-3-4-5-6-7-8-9-10-11-12-18(25)23-15-14-22(29-21(15)26)17(24)13-16(27-2)19-20(22)28-19/h11-12,15-16,19-21,26H,3-10,13-14H2,1-2H3,(H,23,25)/b12-11+/t15-,16-,19-,20-,21+,22+/m0/s1. The van der Waals surface area contributed by atoms with Gasteiger partial charge in [-0.2, -0.15) is 0 Å². The molecule has 2 aliphatic heterocycles. The van der Waals surface area contributed by atoms with Gasteiger partial charge in [0.1, 0.15) is 12.2 Å². The molecule has 0 aromatic heterocycles. The van der Waals surface area contributed by atoms with Crippen LogP contribution in [-0.4, -0.2) is 60.2 Å². The molecule has 2 heterocycles. The highest BCUT2D eigenvalue weighted by Crippen LogP contribution is 2.50. The van der Waals surface area contributed by atoms with E-state index in [9.17, 15) is 14.7 Å². The minimum absolute atomic E-state index is 0.131. The van der Waals surface area contributed by atoms with Crippen LogP contribution in [0.2, 0.25) is 0 Å². The number of fused-ring (bicyclic) bond motifs is 2. The molecular weight excluding hydrogens is 374 g/mol. The van der Waals surface area contributed by atoms with Crippen molar-refractivity contribution in [3.63, 3.8) is 0 Å². The zero-order valence-electron chi connectivity index (χ0n) is 17.6. The van der Waals surface area contributed by atoms with E-state index in [2.05, 4.69) is 12.2 Å². The Morgan fingerprint density at radius 2 is 2.00 bits per heavy atom. The van der Waals surface area contributed by atoms with Crippen LogP contribution in [0, 0.1) is 0 Å². The number of Topliss-reactive ketones (excluding diaryl/α,β-unsaturated/α-hetero) is 1. The van der Waals surface area contributed by atoms with E-state index in [1.54, 1.807) is 7.11 Å². The number of aliphatic hydroxyl groups is 1. The number of nitrogens with one attached hydrogen (secondary N) is 1. The largest absolute Gasteiger partial charge is 0.378 e. The molecule has 3 aliphatic rings. The molecule has 0 radical (unpaired) electrons. The molecule has 29 heavy (non-hydrogen) atoms. The van der Waals surface area contributed by atoms with Crippen molar-refractivity contribution in [2.24, 2.45) is 0 Å². The molecule has 2 saturated heterocycles. The van der Waals surface area contributed by atoms with Crippen LogP contribution in [0.25, 0.3) is 0 Å². The summed E-state index contributed by atoms with van der Waals surface area (Å²) >= 11 is 0. The Kier molecular flexibility index (Phi) is 7.85. The maximum absolute atomic E-state index is 12.6. The van der Waals surface area contributed by atoms with Crippen LogP contribution in [0.1, 0.15) is 71.1 Å². The topological polar surface area (TPSA) is 97.4 Å². The molecular formula is C22H35NO6. The first kappa shape index (κ1) is 22.4. The molecule has 0 aromatic rings. The SMILES string of the molecule is CCCCCCCCC/C=C/C(=O)N[C@H]1C[C@@]2(O[C@H]1O)C(=O)C[C@H](OC)[C@@H]1O[C@@H]12. The van der Waals surface area contributed by atoms with Crippen molar-refractivity contribution in [2.75, 3.05) is 7.11 Å². The Morgan fingerprint density at radius 1 is 1.28 bits per heavy atom. The predicted octanol–water partition coefficient (Wildman–Crippen LogP) is 2.40. The highest BCUT2D eigenvalue weighted by molar-refractivity contribution is 5.92. The van der Waals surface area contributed by atoms with Gasteiger partial charge in [0, 0.05) is 20.0 Å². The minimum Gasteiger partial charge on any atom is -0.378 e. The average molecular weight is 410 g/mol. The smallest absolute Gasteiger partial charge is 0.244 e. The van der Waals surface area contributed by atoms with Gasteiger partial charge in [-0.15, -0.1) is 0 Å². The molecule has 2 N–H and O–H groups in total. The van der Waals surface area contributed by atoms with Gasteiger partial charge >= 0.3 is 0 Å². The Balaban J connectivity index is 1.39. The maximum Gasteiger partial charge on any atom is 0.244 e. The van der Waals surface area contributed by atoms with Crippen molar-refractivity contribution in [1.29, 1.82) is 0 Å². The van der Waals surface area contributed by atoms with E-state index in [4.69, 9.17) is 14.2 Å². The minimum atomic E-state index is -1.22. The molecule has 1 aliphatic carbocycles. The van der Waals surface area contributed by atoms with Gasteiger partial charge in [0.05, 0.1) is 12.1 Å². The molecule has 1 amide bonds. The number of rotatable bonds is 11. The number of ketones is 1. The fourth-order valence-corrected chi connectivity index (χ4v) is 4.53. The lowest BCUT2D eigenvalue weighted by atomic mass is 9.79. The molecule has 0 unspecified atom stereocenters. The van der Waals surface area contributed by atoms with E-state index in [-0.39, 0.29) is 36.7 Å². The summed E-state index contributed by atoms with van der Waals surface area (Å²) in [5, 5.41) is 13.0. The van der Waals surface area contributed by atoms with Crippen molar-refractivity contribution < 1.29 is 28.9 Å². The van der Waals surface area contributed by atoms with Crippen LogP contribution >= 0.6 is 0 Å². The van der Waals surface area contributed by atoms with E-state index in [0.717, 1.165) is 12.8 Å². The highest BCUT2D eigenvalue weighted by atomic mass is 16.7. The molecule has 1 spiro atoms. The summed E-state index contributed by atoms with van der Waals surface area (Å²) in [6.45, 7) is 2.21. The molecule has 3 fully saturated rings. The van der Waals surface area contributed by atoms with E-state index < -0.39 is 24.0 Å². The lowest BCUT2D eigenvalue weighted by Gasteiger charge is -2.30. The zero-order valence-corrected chi connectivity index (χ0v) is 17.6. The first-order valence-corrected chi connectivity index (χ1v) is 11.1. The van der Waals surface area contributed by atoms with Gasteiger partial charge in [0.15, 0.2) is 17.7 Å². The van der Waals surface area contributed by atoms with E-state index in [0.29, 0.717) is 0 Å². The van der Waals surface area contributed by atoms with Gasteiger partial charge in [0.25, 0.3) is 0 Å². The fourth-order valence-electron chi connectivity index (χ4n) is 4.53. The number of allylic oxidation sites excluding steroid dienone is 1. The molecule has 164 valence electrons. The predicted molar refractivity (Wildman–Crippen MR) is 107 cm³/mol. The number of methoxy groups -OCH3 is 1. The Labute approximate surface area is 173 Å². The number of amides is 1. The number of epoxide rings is 1. The van der Waals surface area contributed by atoms with Gasteiger partial charge in [0.2, 0.25) is 5.91 Å². The number of hydrogen-bond acceptors (Lipinski definition) is 6. The van der Waals surface area contributed by atoms with Crippen molar-refractivity contribution in [3.8, 4) is 0 Å². The van der Waals surface area contributed by atoms with Crippen LogP contribution in [-0.2, 0) is 23.8 Å². The quantitative estimate of drug-likeness (QED) is 0.309. The summed E-state index contributed by atoms with van der Waals surface area (Å²) in [7, 11) is 1.56. The number of carbonyl (C=O) groups is 2.